The van der Waals surface area contributed by atoms with Crippen LogP contribution in [-0.4, -0.2) is 37.8 Å². The van der Waals surface area contributed by atoms with Crippen LogP contribution in [0.2, 0.25) is 0 Å². The third-order valence-corrected chi connectivity index (χ3v) is 1.95. The maximum Gasteiger partial charge on any atom is 0.0516 e. The highest BCUT2D eigenvalue weighted by Crippen LogP contribution is 2.10. The van der Waals surface area contributed by atoms with Gasteiger partial charge in [0.05, 0.1) is 6.04 Å². The van der Waals surface area contributed by atoms with Gasteiger partial charge in [0.1, 0.15) is 0 Å². The molecule has 0 aromatic carbocycles. The first-order chi connectivity index (χ1) is 4.33. The van der Waals surface area contributed by atoms with Gasteiger partial charge in [0, 0.05) is 0 Å². The summed E-state index contributed by atoms with van der Waals surface area (Å²) in [5.74, 6) is 0. The Bertz CT molecular complexity index is 93.1. The number of likely N-dealkylation sites (tertiary alicyclic amines) is 1. The van der Waals surface area contributed by atoms with Gasteiger partial charge in [0.2, 0.25) is 0 Å². The van der Waals surface area contributed by atoms with Crippen molar-refractivity contribution in [1.82, 2.24) is 4.90 Å². The first kappa shape index (κ1) is 6.75. The predicted octanol–water partition coefficient (Wildman–Crippen LogP) is 0.781. The zero-order valence-corrected chi connectivity index (χ0v) is 6.01. The minimum atomic E-state index is 0.543. The zero-order chi connectivity index (χ0) is 6.69. The van der Waals surface area contributed by atoms with Crippen molar-refractivity contribution in [1.29, 1.82) is 0 Å². The van der Waals surface area contributed by atoms with Gasteiger partial charge < -0.3 is 4.90 Å². The van der Waals surface area contributed by atoms with E-state index in [-0.39, 0.29) is 0 Å². The van der Waals surface area contributed by atoms with E-state index >= 15 is 0 Å². The molecule has 52 valence electrons. The summed E-state index contributed by atoms with van der Waals surface area (Å²) in [6.45, 7) is 5.91. The quantitative estimate of drug-likeness (QED) is 0.474. The predicted molar refractivity (Wildman–Crippen MR) is 40.1 cm³/mol. The van der Waals surface area contributed by atoms with Gasteiger partial charge >= 0.3 is 0 Å². The average molecular weight is 126 g/mol. The average Bonchev–Trinajstić information content (AvgIpc) is 1.90. The highest BCUT2D eigenvalue weighted by Gasteiger charge is 2.13. The molecule has 0 bridgehead atoms. The Balaban J connectivity index is 2.26. The third-order valence-electron chi connectivity index (χ3n) is 1.95. The Kier molecular flexibility index (Phi) is 2.22. The molecule has 0 N–H and O–H groups in total. The molecule has 0 unspecified atom stereocenters. The van der Waals surface area contributed by atoms with Gasteiger partial charge in [-0.15, -0.1) is 0 Å². The van der Waals surface area contributed by atoms with Crippen LogP contribution < -0.4 is 0 Å². The number of aliphatic imine (C=N–C) groups is 1. The van der Waals surface area contributed by atoms with E-state index in [0.29, 0.717) is 6.04 Å². The lowest BCUT2D eigenvalue weighted by Gasteiger charge is -2.25. The topological polar surface area (TPSA) is 15.6 Å². The molecule has 9 heavy (non-hydrogen) atoms. The second kappa shape index (κ2) is 2.97. The molecule has 1 saturated heterocycles. The molecule has 0 aliphatic carbocycles. The Morgan fingerprint density at radius 1 is 1.44 bits per heavy atom. The molecule has 1 heterocycles. The number of rotatable bonds is 1. The van der Waals surface area contributed by atoms with Gasteiger partial charge in [0.25, 0.3) is 0 Å². The fourth-order valence-corrected chi connectivity index (χ4v) is 1.18. The van der Waals surface area contributed by atoms with E-state index in [9.17, 15) is 0 Å². The van der Waals surface area contributed by atoms with E-state index in [1.165, 1.54) is 25.9 Å². The van der Waals surface area contributed by atoms with Crippen molar-refractivity contribution in [3.63, 3.8) is 0 Å². The number of piperidine rings is 1. The van der Waals surface area contributed by atoms with E-state index in [0.717, 1.165) is 0 Å². The highest BCUT2D eigenvalue weighted by molar-refractivity contribution is 5.24. The fourth-order valence-electron chi connectivity index (χ4n) is 1.18. The Morgan fingerprint density at radius 2 is 2.00 bits per heavy atom. The normalized spacial score (nSPS) is 24.1. The molecular weight excluding hydrogens is 112 g/mol. The lowest BCUT2D eigenvalue weighted by Crippen LogP contribution is -2.31. The third kappa shape index (κ3) is 1.79. The summed E-state index contributed by atoms with van der Waals surface area (Å²) in [6, 6.07) is 0.543. The minimum absolute atomic E-state index is 0.543. The standard InChI is InChI=1S/C7H14N2/c1-8-7-3-5-9(2)6-4-7/h7H,1,3-6H2,2H3. The second-order valence-corrected chi connectivity index (χ2v) is 2.72. The van der Waals surface area contributed by atoms with Crippen LogP contribution in [0.1, 0.15) is 12.8 Å². The van der Waals surface area contributed by atoms with Crippen LogP contribution in [-0.2, 0) is 0 Å². The SMILES string of the molecule is C=NC1CCN(C)CC1. The van der Waals surface area contributed by atoms with Crippen LogP contribution in [0.25, 0.3) is 0 Å². The summed E-state index contributed by atoms with van der Waals surface area (Å²) in [6.07, 6.45) is 2.39. The molecule has 2 nitrogen and oxygen atoms in total. The maximum atomic E-state index is 4.01. The van der Waals surface area contributed by atoms with Crippen LogP contribution in [0, 0.1) is 0 Å². The van der Waals surface area contributed by atoms with Crippen molar-refractivity contribution < 1.29 is 0 Å². The monoisotopic (exact) mass is 126 g/mol. The van der Waals surface area contributed by atoms with Crippen molar-refractivity contribution >= 4 is 6.72 Å². The Labute approximate surface area is 56.6 Å². The number of nitrogens with zero attached hydrogens (tertiary/aromatic N) is 2. The highest BCUT2D eigenvalue weighted by atomic mass is 15.1. The molecule has 0 spiro atoms. The largest absolute Gasteiger partial charge is 0.306 e. The van der Waals surface area contributed by atoms with E-state index in [2.05, 4.69) is 23.7 Å². The van der Waals surface area contributed by atoms with Crippen LogP contribution in [0.4, 0.5) is 0 Å². The second-order valence-electron chi connectivity index (χ2n) is 2.72. The van der Waals surface area contributed by atoms with Gasteiger partial charge in [-0.3, -0.25) is 4.99 Å². The Morgan fingerprint density at radius 3 is 2.44 bits per heavy atom. The van der Waals surface area contributed by atoms with Gasteiger partial charge in [-0.2, -0.15) is 0 Å². The molecule has 1 aliphatic heterocycles. The molecule has 1 rings (SSSR count). The lowest BCUT2D eigenvalue weighted by molar-refractivity contribution is 0.257. The van der Waals surface area contributed by atoms with Crippen LogP contribution >= 0.6 is 0 Å². The van der Waals surface area contributed by atoms with Crippen molar-refractivity contribution in [2.45, 2.75) is 18.9 Å². The molecule has 0 saturated carbocycles. The first-order valence-corrected chi connectivity index (χ1v) is 3.47. The van der Waals surface area contributed by atoms with Crippen LogP contribution in [0.5, 0.6) is 0 Å². The van der Waals surface area contributed by atoms with Gasteiger partial charge in [0.15, 0.2) is 0 Å². The molecule has 1 aliphatic rings. The fraction of sp³-hybridized carbons (Fsp3) is 0.857. The van der Waals surface area contributed by atoms with Crippen LogP contribution in [0.15, 0.2) is 4.99 Å². The zero-order valence-electron chi connectivity index (χ0n) is 6.01. The van der Waals surface area contributed by atoms with Crippen molar-refractivity contribution in [2.24, 2.45) is 4.99 Å². The summed E-state index contributed by atoms with van der Waals surface area (Å²) in [4.78, 5) is 6.34. The summed E-state index contributed by atoms with van der Waals surface area (Å²) in [5.41, 5.74) is 0. The minimum Gasteiger partial charge on any atom is -0.306 e. The van der Waals surface area contributed by atoms with E-state index in [1.54, 1.807) is 0 Å². The summed E-state index contributed by atoms with van der Waals surface area (Å²) in [7, 11) is 2.15. The van der Waals surface area contributed by atoms with Gasteiger partial charge in [-0.05, 0) is 39.7 Å². The van der Waals surface area contributed by atoms with Crippen molar-refractivity contribution in [2.75, 3.05) is 20.1 Å². The first-order valence-electron chi connectivity index (χ1n) is 3.47. The van der Waals surface area contributed by atoms with Gasteiger partial charge in [-0.1, -0.05) is 0 Å². The molecule has 2 heteroatoms. The number of hydrogen-bond acceptors (Lipinski definition) is 2. The van der Waals surface area contributed by atoms with E-state index < -0.39 is 0 Å². The van der Waals surface area contributed by atoms with Crippen molar-refractivity contribution in [3.8, 4) is 0 Å². The molecule has 0 aromatic heterocycles. The smallest absolute Gasteiger partial charge is 0.0516 e. The van der Waals surface area contributed by atoms with Crippen LogP contribution in [0.3, 0.4) is 0 Å². The summed E-state index contributed by atoms with van der Waals surface area (Å²) >= 11 is 0. The molecular formula is C7H14N2. The molecule has 0 aromatic rings. The molecule has 0 amide bonds. The Hall–Kier alpha value is -0.370. The molecule has 1 fully saturated rings. The van der Waals surface area contributed by atoms with E-state index in [4.69, 9.17) is 0 Å². The summed E-state index contributed by atoms with van der Waals surface area (Å²) < 4.78 is 0. The summed E-state index contributed by atoms with van der Waals surface area (Å²) in [5, 5.41) is 0. The van der Waals surface area contributed by atoms with E-state index in [1.807, 2.05) is 0 Å². The van der Waals surface area contributed by atoms with Crippen molar-refractivity contribution in [3.05, 3.63) is 0 Å². The molecule has 0 atom stereocenters. The lowest BCUT2D eigenvalue weighted by atomic mass is 10.1. The maximum absolute atomic E-state index is 4.01. The molecule has 0 radical (unpaired) electrons. The van der Waals surface area contributed by atoms with Gasteiger partial charge in [-0.25, -0.2) is 0 Å². The number of hydrogen-bond donors (Lipinski definition) is 0.